The van der Waals surface area contributed by atoms with Gasteiger partial charge in [0, 0.05) is 37.0 Å². The number of esters is 2. The summed E-state index contributed by atoms with van der Waals surface area (Å²) in [6.45, 7) is 3.24. The number of aryl methyl sites for hydroxylation is 1. The van der Waals surface area contributed by atoms with Crippen LogP contribution in [-0.2, 0) is 37.6 Å². The Bertz CT molecular complexity index is 1240. The molecule has 5 rings (SSSR count). The van der Waals surface area contributed by atoms with E-state index < -0.39 is 11.6 Å². The molecule has 0 saturated carbocycles. The number of thiophene rings is 1. The number of benzene rings is 2. The van der Waals surface area contributed by atoms with Crippen molar-refractivity contribution in [2.24, 2.45) is 0 Å². The number of piperidine rings is 1. The highest BCUT2D eigenvalue weighted by Gasteiger charge is 2.53. The summed E-state index contributed by atoms with van der Waals surface area (Å²) in [7, 11) is 2.35. The number of ether oxygens (including phenoxy) is 2. The lowest BCUT2D eigenvalue weighted by atomic mass is 9.86. The summed E-state index contributed by atoms with van der Waals surface area (Å²) in [5.41, 5.74) is -0.819. The lowest BCUT2D eigenvalue weighted by molar-refractivity contribution is -0.961. The van der Waals surface area contributed by atoms with Crippen LogP contribution in [0.2, 0.25) is 0 Å². The quantitative estimate of drug-likeness (QED) is 0.272. The van der Waals surface area contributed by atoms with E-state index in [4.69, 9.17) is 9.47 Å². The van der Waals surface area contributed by atoms with Gasteiger partial charge in [0.2, 0.25) is 5.60 Å². The van der Waals surface area contributed by atoms with Crippen LogP contribution in [0.15, 0.2) is 72.8 Å². The molecule has 0 aliphatic carbocycles. The Morgan fingerprint density at radius 1 is 0.927 bits per heavy atom. The first-order valence-electron chi connectivity index (χ1n) is 14.5. The average Bonchev–Trinajstić information content (AvgIpc) is 3.43. The molecule has 1 aromatic heterocycles. The van der Waals surface area contributed by atoms with Gasteiger partial charge in [-0.15, -0.1) is 11.3 Å². The van der Waals surface area contributed by atoms with Crippen molar-refractivity contribution in [2.45, 2.75) is 82.2 Å². The predicted octanol–water partition coefficient (Wildman–Crippen LogP) is 2.76. The van der Waals surface area contributed by atoms with Crippen LogP contribution in [0.3, 0.4) is 0 Å². The maximum atomic E-state index is 13.7. The number of nitrogens with zero attached hydrogens (tertiary/aromatic N) is 1. The molecular weight excluding hydrogens is 558 g/mol. The summed E-state index contributed by atoms with van der Waals surface area (Å²) in [6, 6.07) is 23.4. The van der Waals surface area contributed by atoms with Gasteiger partial charge in [-0.25, -0.2) is 4.79 Å². The van der Waals surface area contributed by atoms with Gasteiger partial charge in [0.1, 0.15) is 12.6 Å². The fourth-order valence-corrected chi connectivity index (χ4v) is 7.86. The third kappa shape index (κ3) is 6.69. The van der Waals surface area contributed by atoms with Crippen molar-refractivity contribution >= 4 is 23.3 Å². The second kappa shape index (κ2) is 13.5. The largest absolute Gasteiger partial charge is 1.00 e. The van der Waals surface area contributed by atoms with E-state index in [2.05, 4.69) is 19.2 Å². The predicted molar refractivity (Wildman–Crippen MR) is 156 cm³/mol. The molecule has 220 valence electrons. The molecular formula is C33H40ClNO5S. The third-order valence-electron chi connectivity index (χ3n) is 8.85. The van der Waals surface area contributed by atoms with Gasteiger partial charge in [0.25, 0.3) is 0 Å². The van der Waals surface area contributed by atoms with Crippen molar-refractivity contribution in [1.29, 1.82) is 0 Å². The number of hydrogen-bond donors (Lipinski definition) is 1. The maximum absolute atomic E-state index is 13.7. The Morgan fingerprint density at radius 3 is 2.05 bits per heavy atom. The van der Waals surface area contributed by atoms with Crippen molar-refractivity contribution in [2.75, 3.05) is 13.7 Å². The van der Waals surface area contributed by atoms with Crippen LogP contribution in [0.5, 0.6) is 0 Å². The van der Waals surface area contributed by atoms with Crippen LogP contribution < -0.4 is 12.4 Å². The SMILES string of the molecule is CCOC(=O)CCCc1ccc(C[N+]2(C)[C@@H]3CC[C@H]2C[C@H](OC(=O)C(O)(c2ccccc2)c2ccccc2)C3)s1.[Cl-]. The lowest BCUT2D eigenvalue weighted by Crippen LogP contribution is -3.00. The zero-order valence-corrected chi connectivity index (χ0v) is 25.4. The minimum atomic E-state index is -1.85. The molecule has 4 atom stereocenters. The zero-order chi connectivity index (χ0) is 28.2. The van der Waals surface area contributed by atoms with Gasteiger partial charge < -0.3 is 31.5 Å². The minimum Gasteiger partial charge on any atom is -1.00 e. The Hall–Kier alpha value is -2.71. The van der Waals surface area contributed by atoms with E-state index in [1.54, 1.807) is 24.3 Å². The van der Waals surface area contributed by atoms with Crippen molar-refractivity contribution < 1.29 is 41.1 Å². The summed E-state index contributed by atoms with van der Waals surface area (Å²) in [4.78, 5) is 28.0. The van der Waals surface area contributed by atoms with Gasteiger partial charge in [0.05, 0.1) is 30.6 Å². The molecule has 3 heterocycles. The van der Waals surface area contributed by atoms with E-state index in [1.165, 1.54) is 9.75 Å². The average molecular weight is 598 g/mol. The number of carbonyl (C=O) groups excluding carboxylic acids is 2. The molecule has 2 aliphatic heterocycles. The summed E-state index contributed by atoms with van der Waals surface area (Å²) in [5.74, 6) is -0.723. The van der Waals surface area contributed by atoms with Crippen molar-refractivity contribution in [3.63, 3.8) is 0 Å². The van der Waals surface area contributed by atoms with Crippen LogP contribution >= 0.6 is 11.3 Å². The molecule has 2 saturated heterocycles. The molecule has 2 aromatic carbocycles. The number of carbonyl (C=O) groups is 2. The van der Waals surface area contributed by atoms with E-state index in [-0.39, 0.29) is 24.5 Å². The van der Waals surface area contributed by atoms with Gasteiger partial charge in [-0.3, -0.25) is 4.79 Å². The first-order valence-corrected chi connectivity index (χ1v) is 15.3. The monoisotopic (exact) mass is 597 g/mol. The summed E-state index contributed by atoms with van der Waals surface area (Å²) >= 11 is 1.85. The van der Waals surface area contributed by atoms with Gasteiger partial charge in [-0.2, -0.15) is 0 Å². The highest BCUT2D eigenvalue weighted by molar-refractivity contribution is 7.11. The number of aliphatic hydroxyl groups is 1. The van der Waals surface area contributed by atoms with Gasteiger partial charge in [-0.1, -0.05) is 60.7 Å². The number of quaternary nitrogens is 1. The second-order valence-corrected chi connectivity index (χ2v) is 12.6. The Balaban J connectivity index is 0.00000387. The van der Waals surface area contributed by atoms with Crippen LogP contribution in [0.1, 0.15) is 66.3 Å². The zero-order valence-electron chi connectivity index (χ0n) is 23.8. The van der Waals surface area contributed by atoms with Gasteiger partial charge in [-0.05, 0) is 43.0 Å². The third-order valence-corrected chi connectivity index (χ3v) is 9.98. The van der Waals surface area contributed by atoms with Crippen LogP contribution in [-0.4, -0.2) is 53.4 Å². The first-order chi connectivity index (χ1) is 19.3. The van der Waals surface area contributed by atoms with E-state index in [0.717, 1.165) is 49.6 Å². The Labute approximate surface area is 253 Å². The van der Waals surface area contributed by atoms with Gasteiger partial charge >= 0.3 is 11.9 Å². The molecule has 2 fully saturated rings. The molecule has 0 radical (unpaired) electrons. The highest BCUT2D eigenvalue weighted by Crippen LogP contribution is 2.45. The molecule has 0 amide bonds. The second-order valence-electron chi connectivity index (χ2n) is 11.4. The molecule has 6 nitrogen and oxygen atoms in total. The van der Waals surface area contributed by atoms with Crippen LogP contribution in [0.4, 0.5) is 0 Å². The molecule has 3 aromatic rings. The first kappa shape index (κ1) is 31.2. The normalized spacial score (nSPS) is 23.4. The number of rotatable bonds is 11. The van der Waals surface area contributed by atoms with Crippen molar-refractivity contribution in [3.05, 3.63) is 93.7 Å². The summed E-state index contributed by atoms with van der Waals surface area (Å²) in [5, 5.41) is 11.8. The molecule has 1 N–H and O–H groups in total. The van der Waals surface area contributed by atoms with Gasteiger partial charge in [0.15, 0.2) is 0 Å². The number of hydrogen-bond acceptors (Lipinski definition) is 6. The summed E-state index contributed by atoms with van der Waals surface area (Å²) < 4.78 is 12.2. The number of fused-ring (bicyclic) bond motifs is 2. The van der Waals surface area contributed by atoms with E-state index in [9.17, 15) is 14.7 Å². The lowest BCUT2D eigenvalue weighted by Gasteiger charge is -2.47. The molecule has 1 unspecified atom stereocenters. The topological polar surface area (TPSA) is 72.8 Å². The fourth-order valence-electron chi connectivity index (χ4n) is 6.66. The highest BCUT2D eigenvalue weighted by atomic mass is 35.5. The Kier molecular flexibility index (Phi) is 10.3. The minimum absolute atomic E-state index is 0. The Morgan fingerprint density at radius 2 is 1.49 bits per heavy atom. The molecule has 2 bridgehead atoms. The van der Waals surface area contributed by atoms with Crippen LogP contribution in [0.25, 0.3) is 0 Å². The maximum Gasteiger partial charge on any atom is 0.347 e. The summed E-state index contributed by atoms with van der Waals surface area (Å²) in [6.07, 6.45) is 5.79. The van der Waals surface area contributed by atoms with E-state index in [0.29, 0.717) is 36.2 Å². The molecule has 0 spiro atoms. The van der Waals surface area contributed by atoms with Crippen molar-refractivity contribution in [1.82, 2.24) is 0 Å². The molecule has 2 aliphatic rings. The molecule has 8 heteroatoms. The van der Waals surface area contributed by atoms with Crippen molar-refractivity contribution in [3.8, 4) is 0 Å². The molecule has 41 heavy (non-hydrogen) atoms. The van der Waals surface area contributed by atoms with E-state index >= 15 is 0 Å². The van der Waals surface area contributed by atoms with Crippen LogP contribution in [0, 0.1) is 0 Å². The fraction of sp³-hybridized carbons (Fsp3) is 0.455. The standard InChI is InChI=1S/C33H40NO5S.ClH/c1-3-38-31(35)16-10-15-29-19-20-30(40-29)23-34(2)26-17-18-27(34)22-28(21-26)39-32(36)33(37,24-11-6-4-7-12-24)25-13-8-5-9-14-25;/h4-9,11-14,19-20,26-28,37H,3,10,15-18,21-23H2,1-2H3;1H/q+1;/p-1/t26-,27+,28-,34?;. The smallest absolute Gasteiger partial charge is 0.347 e. The number of halogens is 1. The van der Waals surface area contributed by atoms with E-state index in [1.807, 2.05) is 54.7 Å².